The molecule has 0 saturated carbocycles. The van der Waals surface area contributed by atoms with Crippen LogP contribution in [0.5, 0.6) is 0 Å². The van der Waals surface area contributed by atoms with Gasteiger partial charge in [-0.25, -0.2) is 0 Å². The van der Waals surface area contributed by atoms with E-state index in [2.05, 4.69) is 13.5 Å². The van der Waals surface area contributed by atoms with Crippen molar-refractivity contribution in [1.29, 1.82) is 0 Å². The normalized spacial score (nSPS) is 21.7. The molecular formula is C7H18OSi2. The summed E-state index contributed by atoms with van der Waals surface area (Å²) in [5.41, 5.74) is 0. The summed E-state index contributed by atoms with van der Waals surface area (Å²) in [6, 6.07) is 1.58. The highest BCUT2D eigenvalue weighted by Crippen LogP contribution is 1.93. The molecule has 10 heavy (non-hydrogen) atoms. The molecule has 0 N–H and O–H groups in total. The Hall–Kier alpha value is 0.134. The third kappa shape index (κ3) is 8.13. The van der Waals surface area contributed by atoms with Crippen molar-refractivity contribution in [3.63, 3.8) is 0 Å². The van der Waals surface area contributed by atoms with Crippen LogP contribution < -0.4 is 0 Å². The summed E-state index contributed by atoms with van der Waals surface area (Å²) in [4.78, 5) is 0. The second kappa shape index (κ2) is 9.13. The Morgan fingerprint density at radius 2 is 2.40 bits per heavy atom. The largest absolute Gasteiger partial charge is 0.428 e. The zero-order valence-corrected chi connectivity index (χ0v) is 9.76. The number of hydrogen-bond acceptors (Lipinski definition) is 1. The quantitative estimate of drug-likeness (QED) is 0.417. The second-order valence-electron chi connectivity index (χ2n) is 2.37. The highest BCUT2D eigenvalue weighted by atomic mass is 29.2. The average Bonchev–Trinajstić information content (AvgIpc) is 2.08. The zero-order valence-electron chi connectivity index (χ0n) is 6.94. The first-order valence-electron chi connectivity index (χ1n) is 4.10. The number of allylic oxidation sites excluding steroid dienone is 1. The summed E-state index contributed by atoms with van der Waals surface area (Å²) in [5.74, 6) is 0. The van der Waals surface area contributed by atoms with Gasteiger partial charge in [-0.3, -0.25) is 0 Å². The molecule has 1 fully saturated rings. The monoisotopic (exact) mass is 174 g/mol. The molecule has 0 bridgehead atoms. The molecule has 0 aliphatic carbocycles. The molecule has 0 aromatic carbocycles. The molecule has 1 rings (SSSR count). The van der Waals surface area contributed by atoms with E-state index in [0.29, 0.717) is 9.04 Å². The molecule has 1 aliphatic rings. The first-order valence-corrected chi connectivity index (χ1v) is 9.68. The topological polar surface area (TPSA) is 9.23 Å². The number of rotatable bonds is 1. The fraction of sp³-hybridized carbons (Fsp3) is 0.714. The van der Waals surface area contributed by atoms with E-state index in [-0.39, 0.29) is 9.28 Å². The first kappa shape index (κ1) is 10.1. The van der Waals surface area contributed by atoms with Crippen molar-refractivity contribution in [2.75, 3.05) is 6.61 Å². The minimum atomic E-state index is 0.147. The first-order chi connectivity index (χ1) is 4.91. The number of hydrogen-bond donors (Lipinski definition) is 0. The maximum absolute atomic E-state index is 5.27. The zero-order chi connectivity index (χ0) is 7.66. The van der Waals surface area contributed by atoms with E-state index in [1.54, 1.807) is 6.04 Å². The lowest BCUT2D eigenvalue weighted by molar-refractivity contribution is 0.337. The average molecular weight is 174 g/mol. The van der Waals surface area contributed by atoms with Gasteiger partial charge in [-0.2, -0.15) is 0 Å². The van der Waals surface area contributed by atoms with Crippen LogP contribution in [0, 0.1) is 0 Å². The minimum Gasteiger partial charge on any atom is -0.428 e. The van der Waals surface area contributed by atoms with Gasteiger partial charge in [0.05, 0.1) is 0 Å². The van der Waals surface area contributed by atoms with Crippen molar-refractivity contribution in [1.82, 2.24) is 0 Å². The predicted octanol–water partition coefficient (Wildman–Crippen LogP) is 0.575. The Morgan fingerprint density at radius 1 is 1.70 bits per heavy atom. The van der Waals surface area contributed by atoms with Crippen LogP contribution >= 0.6 is 0 Å². The van der Waals surface area contributed by atoms with Gasteiger partial charge in [-0.15, -0.1) is 6.58 Å². The molecule has 0 atom stereocenters. The molecule has 1 nitrogen and oxygen atoms in total. The van der Waals surface area contributed by atoms with Gasteiger partial charge in [0.25, 0.3) is 0 Å². The third-order valence-electron chi connectivity index (χ3n) is 1.37. The second-order valence-corrected chi connectivity index (χ2v) is 7.95. The highest BCUT2D eigenvalue weighted by Gasteiger charge is 1.96. The van der Waals surface area contributed by atoms with Crippen LogP contribution in [0.3, 0.4) is 0 Å². The van der Waals surface area contributed by atoms with E-state index in [1.165, 1.54) is 6.42 Å². The molecule has 1 heterocycles. The van der Waals surface area contributed by atoms with Crippen LogP contribution in [0.1, 0.15) is 19.8 Å². The van der Waals surface area contributed by atoms with Crippen molar-refractivity contribution < 1.29 is 4.43 Å². The van der Waals surface area contributed by atoms with Gasteiger partial charge < -0.3 is 4.43 Å². The van der Waals surface area contributed by atoms with Crippen LogP contribution in [0.4, 0.5) is 0 Å². The lowest BCUT2D eigenvalue weighted by Crippen LogP contribution is -2.15. The molecule has 1 aliphatic heterocycles. The van der Waals surface area contributed by atoms with Crippen LogP contribution in [0.25, 0.3) is 0 Å². The Morgan fingerprint density at radius 3 is 2.50 bits per heavy atom. The third-order valence-corrected chi connectivity index (χ3v) is 6.46. The van der Waals surface area contributed by atoms with Crippen LogP contribution in [0.2, 0.25) is 6.04 Å². The molecule has 1 saturated heterocycles. The summed E-state index contributed by atoms with van der Waals surface area (Å²) in [5, 5.41) is 0. The van der Waals surface area contributed by atoms with Gasteiger partial charge in [0.1, 0.15) is 9.28 Å². The van der Waals surface area contributed by atoms with E-state index in [1.807, 2.05) is 6.08 Å². The van der Waals surface area contributed by atoms with E-state index < -0.39 is 0 Å². The maximum atomic E-state index is 5.27. The molecule has 0 unspecified atom stereocenters. The molecule has 0 amide bonds. The molecular weight excluding hydrogens is 156 g/mol. The van der Waals surface area contributed by atoms with Gasteiger partial charge in [-0.1, -0.05) is 19.0 Å². The van der Waals surface area contributed by atoms with E-state index >= 15 is 0 Å². The van der Waals surface area contributed by atoms with Gasteiger partial charge >= 0.3 is 0 Å². The molecule has 0 aromatic rings. The van der Waals surface area contributed by atoms with E-state index in [0.717, 1.165) is 13.0 Å². The molecule has 3 heteroatoms. The predicted molar refractivity (Wildman–Crippen MR) is 53.0 cm³/mol. The summed E-state index contributed by atoms with van der Waals surface area (Å²) < 4.78 is 5.27. The Balaban J connectivity index is 0.000000180. The smallest absolute Gasteiger partial charge is 0.143 e. The van der Waals surface area contributed by atoms with Crippen molar-refractivity contribution in [3.8, 4) is 0 Å². The molecule has 60 valence electrons. The summed E-state index contributed by atoms with van der Waals surface area (Å²) in [6.07, 6.45) is 4.33. The molecule has 0 spiro atoms. The minimum absolute atomic E-state index is 0.147. The standard InChI is InChI=1S/C4H8.C3H10OSi2/c1-3-4-2;1-2-4-6-5-3-1/h3H,1,4H2,2H3;1-3,5-6H2. The Bertz CT molecular complexity index is 60.5. The van der Waals surface area contributed by atoms with E-state index in [4.69, 9.17) is 4.43 Å². The van der Waals surface area contributed by atoms with Gasteiger partial charge in [-0.05, 0) is 12.8 Å². The fourth-order valence-electron chi connectivity index (χ4n) is 0.687. The van der Waals surface area contributed by atoms with Crippen molar-refractivity contribution >= 4 is 18.3 Å². The van der Waals surface area contributed by atoms with Gasteiger partial charge in [0.2, 0.25) is 0 Å². The van der Waals surface area contributed by atoms with Crippen molar-refractivity contribution in [2.24, 2.45) is 0 Å². The lowest BCUT2D eigenvalue weighted by Gasteiger charge is -2.07. The van der Waals surface area contributed by atoms with Gasteiger partial charge in [0, 0.05) is 15.6 Å². The van der Waals surface area contributed by atoms with Crippen molar-refractivity contribution in [3.05, 3.63) is 12.7 Å². The summed E-state index contributed by atoms with van der Waals surface area (Å²) in [7, 11) is 0.573. The Kier molecular flexibility index (Phi) is 9.26. The molecule has 0 aromatic heterocycles. The molecule has 0 radical (unpaired) electrons. The van der Waals surface area contributed by atoms with E-state index in [9.17, 15) is 0 Å². The van der Waals surface area contributed by atoms with Gasteiger partial charge in [0.15, 0.2) is 0 Å². The lowest BCUT2D eigenvalue weighted by atomic mass is 10.5. The van der Waals surface area contributed by atoms with Crippen molar-refractivity contribution in [2.45, 2.75) is 25.8 Å². The van der Waals surface area contributed by atoms with Crippen LogP contribution in [0.15, 0.2) is 12.7 Å². The van der Waals surface area contributed by atoms with Crippen LogP contribution in [-0.2, 0) is 4.43 Å². The van der Waals surface area contributed by atoms with Crippen LogP contribution in [-0.4, -0.2) is 24.9 Å². The Labute approximate surface area is 68.4 Å². The fourth-order valence-corrected chi connectivity index (χ4v) is 4.96. The highest BCUT2D eigenvalue weighted by molar-refractivity contribution is 6.97. The maximum Gasteiger partial charge on any atom is 0.143 e. The summed E-state index contributed by atoms with van der Waals surface area (Å²) in [6.45, 7) is 6.64. The summed E-state index contributed by atoms with van der Waals surface area (Å²) >= 11 is 0. The SMILES string of the molecule is C1CO[SiH2][SiH2]C1.C=CCC.